The van der Waals surface area contributed by atoms with Gasteiger partial charge in [-0.1, -0.05) is 25.4 Å². The Balaban J connectivity index is 1.46. The monoisotopic (exact) mass is 433 g/mol. The molecule has 29 heavy (non-hydrogen) atoms. The van der Waals surface area contributed by atoms with E-state index in [2.05, 4.69) is 9.88 Å². The number of fused-ring (bicyclic) bond motifs is 1. The number of hydrogen-bond donors (Lipinski definition) is 1. The second-order valence-electron chi connectivity index (χ2n) is 8.62. The van der Waals surface area contributed by atoms with Gasteiger partial charge < -0.3 is 9.88 Å². The maximum atomic E-state index is 13.0. The summed E-state index contributed by atoms with van der Waals surface area (Å²) < 4.78 is 0.776. The van der Waals surface area contributed by atoms with Crippen LogP contribution in [0.5, 0.6) is 0 Å². The quantitative estimate of drug-likeness (QED) is 0.806. The third kappa shape index (κ3) is 4.32. The minimum Gasteiger partial charge on any atom is -0.336 e. The molecule has 1 saturated heterocycles. The highest BCUT2D eigenvalue weighted by Crippen LogP contribution is 2.33. The van der Waals surface area contributed by atoms with Crippen LogP contribution in [0, 0.1) is 5.41 Å². The van der Waals surface area contributed by atoms with Gasteiger partial charge >= 0.3 is 0 Å². The van der Waals surface area contributed by atoms with E-state index >= 15 is 0 Å². The second kappa shape index (κ2) is 7.70. The van der Waals surface area contributed by atoms with Gasteiger partial charge in [-0.05, 0) is 30.0 Å². The first-order chi connectivity index (χ1) is 13.7. The number of nitrogens with zero attached hydrogens (tertiary/aromatic N) is 2. The topological polar surface area (TPSA) is 73.5 Å². The van der Waals surface area contributed by atoms with Crippen molar-refractivity contribution in [2.45, 2.75) is 33.2 Å². The zero-order chi connectivity index (χ0) is 20.8. The van der Waals surface area contributed by atoms with Gasteiger partial charge in [0.1, 0.15) is 5.56 Å². The number of thiophene rings is 1. The van der Waals surface area contributed by atoms with Crippen LogP contribution in [0.4, 0.5) is 0 Å². The third-order valence-electron chi connectivity index (χ3n) is 5.62. The van der Waals surface area contributed by atoms with Crippen molar-refractivity contribution >= 4 is 34.6 Å². The summed E-state index contributed by atoms with van der Waals surface area (Å²) in [5.74, 6) is -0.313. The molecule has 3 heterocycles. The number of halogens is 1. The van der Waals surface area contributed by atoms with Crippen LogP contribution in [0.3, 0.4) is 0 Å². The van der Waals surface area contributed by atoms with E-state index in [-0.39, 0.29) is 22.7 Å². The lowest BCUT2D eigenvalue weighted by atomic mass is 9.75. The molecule has 0 atom stereocenters. The average molecular weight is 434 g/mol. The molecule has 154 valence electrons. The van der Waals surface area contributed by atoms with Gasteiger partial charge in [0.2, 0.25) is 0 Å². The molecule has 0 spiro atoms. The van der Waals surface area contributed by atoms with Gasteiger partial charge in [0.15, 0.2) is 5.78 Å². The van der Waals surface area contributed by atoms with Gasteiger partial charge in [0.05, 0.1) is 4.34 Å². The number of Topliss-reactive ketones (excluding diaryl/α,β-unsaturated/α-hetero) is 1. The summed E-state index contributed by atoms with van der Waals surface area (Å²) in [6, 6.07) is 5.43. The number of aromatic amines is 1. The van der Waals surface area contributed by atoms with E-state index in [0.717, 1.165) is 24.0 Å². The van der Waals surface area contributed by atoms with Crippen molar-refractivity contribution in [2.24, 2.45) is 5.41 Å². The summed E-state index contributed by atoms with van der Waals surface area (Å²) in [6.45, 7) is 7.39. The molecule has 8 heteroatoms. The molecule has 2 aromatic rings. The van der Waals surface area contributed by atoms with Crippen LogP contribution in [-0.4, -0.2) is 52.7 Å². The summed E-state index contributed by atoms with van der Waals surface area (Å²) in [5, 5.41) is 0. The fraction of sp³-hybridized carbons (Fsp3) is 0.476. The maximum Gasteiger partial charge on any atom is 0.261 e. The number of rotatable bonds is 3. The molecule has 1 aliphatic carbocycles. The van der Waals surface area contributed by atoms with Gasteiger partial charge in [-0.3, -0.25) is 19.3 Å². The van der Waals surface area contributed by atoms with Crippen molar-refractivity contribution in [1.29, 1.82) is 0 Å². The van der Waals surface area contributed by atoms with Gasteiger partial charge in [0.25, 0.3) is 11.5 Å². The minimum atomic E-state index is -0.407. The molecule has 1 amide bonds. The number of hydrogen-bond acceptors (Lipinski definition) is 5. The first-order valence-electron chi connectivity index (χ1n) is 9.77. The lowest BCUT2D eigenvalue weighted by Gasteiger charge is -2.34. The number of aromatic nitrogens is 1. The smallest absolute Gasteiger partial charge is 0.261 e. The van der Waals surface area contributed by atoms with E-state index in [0.29, 0.717) is 37.2 Å². The van der Waals surface area contributed by atoms with Crippen molar-refractivity contribution in [2.75, 3.05) is 26.2 Å². The van der Waals surface area contributed by atoms with Crippen molar-refractivity contribution in [3.05, 3.63) is 54.6 Å². The third-order valence-corrected chi connectivity index (χ3v) is 6.83. The Bertz CT molecular complexity index is 1020. The predicted molar refractivity (Wildman–Crippen MR) is 114 cm³/mol. The predicted octanol–water partition coefficient (Wildman–Crippen LogP) is 3.20. The molecule has 1 fully saturated rings. The van der Waals surface area contributed by atoms with Crippen LogP contribution < -0.4 is 5.56 Å². The van der Waals surface area contributed by atoms with Crippen LogP contribution in [0.15, 0.2) is 23.0 Å². The zero-order valence-electron chi connectivity index (χ0n) is 16.6. The highest BCUT2D eigenvalue weighted by molar-refractivity contribution is 7.16. The largest absolute Gasteiger partial charge is 0.336 e. The summed E-state index contributed by atoms with van der Waals surface area (Å²) in [5.41, 5.74) is 0.611. The molecular formula is C21H24ClN3O3S. The van der Waals surface area contributed by atoms with Crippen LogP contribution in [-0.2, 0) is 13.0 Å². The van der Waals surface area contributed by atoms with Crippen molar-refractivity contribution in [3.63, 3.8) is 0 Å². The summed E-state index contributed by atoms with van der Waals surface area (Å²) >= 11 is 7.56. The first kappa shape index (κ1) is 20.3. The highest BCUT2D eigenvalue weighted by Gasteiger charge is 2.33. The SMILES string of the molecule is CC1(C)CC(=O)c2cc(C(=O)N3CCN(Cc4ccc(Cl)s4)CC3)c(=O)[nH]c2C1. The first-order valence-corrected chi connectivity index (χ1v) is 11.0. The van der Waals surface area contributed by atoms with E-state index < -0.39 is 5.56 Å². The normalized spacial score (nSPS) is 19.3. The molecule has 1 aliphatic heterocycles. The summed E-state index contributed by atoms with van der Waals surface area (Å²) in [6.07, 6.45) is 1.05. The van der Waals surface area contributed by atoms with Crippen LogP contribution in [0.25, 0.3) is 0 Å². The van der Waals surface area contributed by atoms with Crippen LogP contribution in [0.1, 0.15) is 51.6 Å². The Kier molecular flexibility index (Phi) is 5.40. The molecular weight excluding hydrogens is 410 g/mol. The molecule has 0 unspecified atom stereocenters. The average Bonchev–Trinajstić information content (AvgIpc) is 3.05. The molecule has 0 radical (unpaired) electrons. The van der Waals surface area contributed by atoms with E-state index in [4.69, 9.17) is 11.6 Å². The zero-order valence-corrected chi connectivity index (χ0v) is 18.2. The number of pyridine rings is 1. The maximum absolute atomic E-state index is 13.0. The van der Waals surface area contributed by atoms with Crippen molar-refractivity contribution in [3.8, 4) is 0 Å². The second-order valence-corrected chi connectivity index (χ2v) is 10.4. The minimum absolute atomic E-state index is 0.0130. The summed E-state index contributed by atoms with van der Waals surface area (Å²) in [4.78, 5) is 46.0. The van der Waals surface area contributed by atoms with Crippen molar-refractivity contribution in [1.82, 2.24) is 14.8 Å². The van der Waals surface area contributed by atoms with E-state index in [1.807, 2.05) is 26.0 Å². The Labute approximate surface area is 178 Å². The molecule has 4 rings (SSSR count). The van der Waals surface area contributed by atoms with Gasteiger partial charge in [-0.25, -0.2) is 0 Å². The number of piperazine rings is 1. The lowest BCUT2D eigenvalue weighted by molar-refractivity contribution is 0.0628. The fourth-order valence-corrected chi connectivity index (χ4v) is 5.25. The molecule has 6 nitrogen and oxygen atoms in total. The van der Waals surface area contributed by atoms with E-state index in [1.165, 1.54) is 10.9 Å². The molecule has 1 N–H and O–H groups in total. The van der Waals surface area contributed by atoms with Crippen molar-refractivity contribution < 1.29 is 9.59 Å². The van der Waals surface area contributed by atoms with E-state index in [1.54, 1.807) is 16.2 Å². The van der Waals surface area contributed by atoms with Gasteiger partial charge in [-0.2, -0.15) is 0 Å². The molecule has 0 aromatic carbocycles. The number of nitrogens with one attached hydrogen (secondary N) is 1. The van der Waals surface area contributed by atoms with E-state index in [9.17, 15) is 14.4 Å². The standard InChI is InChI=1S/C21H24ClN3O3S/c1-21(2)10-16-14(17(26)11-21)9-15(19(27)23-16)20(28)25-7-5-24(6-8-25)12-13-3-4-18(22)29-13/h3-4,9H,5-8,10-12H2,1-2H3,(H,23,27). The molecule has 0 bridgehead atoms. The lowest BCUT2D eigenvalue weighted by Crippen LogP contribution is -2.49. The van der Waals surface area contributed by atoms with Crippen LogP contribution in [0.2, 0.25) is 4.34 Å². The number of amides is 1. The fourth-order valence-electron chi connectivity index (χ4n) is 4.12. The van der Waals surface area contributed by atoms with Gasteiger partial charge in [-0.15, -0.1) is 11.3 Å². The Hall–Kier alpha value is -1.96. The Morgan fingerprint density at radius 3 is 2.55 bits per heavy atom. The number of H-pyrrole nitrogens is 1. The number of carbonyl (C=O) groups excluding carboxylic acids is 2. The van der Waals surface area contributed by atoms with Crippen LogP contribution >= 0.6 is 22.9 Å². The highest BCUT2D eigenvalue weighted by atomic mass is 35.5. The number of carbonyl (C=O) groups is 2. The Morgan fingerprint density at radius 1 is 1.17 bits per heavy atom. The molecule has 0 saturated carbocycles. The molecule has 2 aliphatic rings. The number of ketones is 1. The van der Waals surface area contributed by atoms with Gasteiger partial charge in [0, 0.05) is 55.3 Å². The Morgan fingerprint density at radius 2 is 1.90 bits per heavy atom. The molecule has 2 aromatic heterocycles. The summed E-state index contributed by atoms with van der Waals surface area (Å²) in [7, 11) is 0.